The molecule has 0 bridgehead atoms. The minimum Gasteiger partial charge on any atom is -0.353 e. The quantitative estimate of drug-likeness (QED) is 0.288. The zero-order valence-electron chi connectivity index (χ0n) is 32.6. The maximum Gasteiger partial charge on any atom is 0.0850 e. The molecule has 4 nitrogen and oxygen atoms in total. The lowest BCUT2D eigenvalue weighted by atomic mass is 9.64. The van der Waals surface area contributed by atoms with Crippen molar-refractivity contribution in [2.24, 2.45) is 47.3 Å². The molecule has 13 unspecified atom stereocenters. The molecule has 0 radical (unpaired) electrons. The van der Waals surface area contributed by atoms with Crippen molar-refractivity contribution in [3.8, 4) is 6.07 Å². The predicted octanol–water partition coefficient (Wildman–Crippen LogP) is 10.5. The van der Waals surface area contributed by atoms with Crippen molar-refractivity contribution in [2.45, 2.75) is 120 Å². The molecule has 4 heteroatoms. The van der Waals surface area contributed by atoms with Crippen LogP contribution >= 0.6 is 0 Å². The van der Waals surface area contributed by atoms with Gasteiger partial charge in [-0.25, -0.2) is 0 Å². The van der Waals surface area contributed by atoms with Crippen molar-refractivity contribution in [1.29, 1.82) is 5.26 Å². The molecule has 10 rings (SSSR count). The van der Waals surface area contributed by atoms with Gasteiger partial charge in [-0.05, 0) is 101 Å². The second kappa shape index (κ2) is 13.8. The van der Waals surface area contributed by atoms with E-state index in [0.29, 0.717) is 41.5 Å². The fourth-order valence-electron chi connectivity index (χ4n) is 13.7. The van der Waals surface area contributed by atoms with Gasteiger partial charge < -0.3 is 4.90 Å². The Morgan fingerprint density at radius 1 is 0.852 bits per heavy atom. The Morgan fingerprint density at radius 2 is 1.72 bits per heavy atom. The SMILES string of the molecule is CC12C=CC=CC1C1CCC=CC1N2C1C=C(C2CCC=CC2C2CC=CC=C2C2C=CC=CC2C#N)CC(N2C3=C(C=CCC3)C3CCCCC32C)N1. The highest BCUT2D eigenvalue weighted by atomic mass is 15.4. The standard InChI is InChI=1S/C50H60N4/c1-49-29-15-13-25-43(49)41-23-9-11-27-45(41)53(49)47-31-35(32-48(52-47)54-46-28-12-10-24-42(46)44-26-14-16-30-50(44,54)2)37-19-5-6-21-39(37)40-22-8-7-20-38(40)36-18-4-3-17-34(36)33-51/h3-4,6-9,12,14,16-18,20-21,23,26,28,30,32,34,36-37,39-40,42-44,46-48,52H,5,10-11,13,15,19,22,24-25,27,29,31H2,1-2H3. The Kier molecular flexibility index (Phi) is 8.91. The first-order valence-electron chi connectivity index (χ1n) is 21.7. The van der Waals surface area contributed by atoms with E-state index in [1.807, 2.05) is 0 Å². The highest BCUT2D eigenvalue weighted by Gasteiger charge is 2.58. The first kappa shape index (κ1) is 34.8. The van der Waals surface area contributed by atoms with Gasteiger partial charge in [-0.2, -0.15) is 5.26 Å². The van der Waals surface area contributed by atoms with Crippen molar-refractivity contribution in [3.05, 3.63) is 132 Å². The van der Waals surface area contributed by atoms with Crippen molar-refractivity contribution < 1.29 is 0 Å². The third kappa shape index (κ3) is 5.43. The van der Waals surface area contributed by atoms with Gasteiger partial charge in [0, 0.05) is 47.0 Å². The highest BCUT2D eigenvalue weighted by Crippen LogP contribution is 2.56. The summed E-state index contributed by atoms with van der Waals surface area (Å²) >= 11 is 0. The van der Waals surface area contributed by atoms with Crippen LogP contribution in [0.5, 0.6) is 0 Å². The summed E-state index contributed by atoms with van der Waals surface area (Å²) in [4.78, 5) is 5.92. The van der Waals surface area contributed by atoms with Gasteiger partial charge in [0.15, 0.2) is 0 Å². The number of allylic oxidation sites excluding steroid dienone is 16. The van der Waals surface area contributed by atoms with Gasteiger partial charge in [0.05, 0.1) is 24.3 Å². The van der Waals surface area contributed by atoms with Gasteiger partial charge in [0.1, 0.15) is 0 Å². The van der Waals surface area contributed by atoms with Crippen LogP contribution in [0.3, 0.4) is 0 Å². The molecule has 13 atom stereocenters. The number of rotatable bonds is 5. The molecule has 280 valence electrons. The van der Waals surface area contributed by atoms with E-state index >= 15 is 0 Å². The van der Waals surface area contributed by atoms with Gasteiger partial charge in [-0.1, -0.05) is 133 Å². The van der Waals surface area contributed by atoms with Gasteiger partial charge in [-0.15, -0.1) is 0 Å². The van der Waals surface area contributed by atoms with Crippen LogP contribution in [-0.2, 0) is 0 Å². The Balaban J connectivity index is 1.07. The van der Waals surface area contributed by atoms with Crippen LogP contribution in [0, 0.1) is 58.7 Å². The predicted molar refractivity (Wildman–Crippen MR) is 220 cm³/mol. The summed E-state index contributed by atoms with van der Waals surface area (Å²) in [5, 5.41) is 14.7. The summed E-state index contributed by atoms with van der Waals surface area (Å²) in [5.41, 5.74) is 6.56. The van der Waals surface area contributed by atoms with Crippen molar-refractivity contribution in [2.75, 3.05) is 0 Å². The molecule has 1 saturated carbocycles. The van der Waals surface area contributed by atoms with Gasteiger partial charge in [0.2, 0.25) is 0 Å². The smallest absolute Gasteiger partial charge is 0.0850 e. The maximum atomic E-state index is 10.2. The number of nitriles is 1. The number of likely N-dealkylation sites (tertiary alicyclic amines) is 1. The molecule has 1 saturated heterocycles. The Bertz CT molecular complexity index is 1900. The highest BCUT2D eigenvalue weighted by molar-refractivity contribution is 5.42. The molecule has 0 spiro atoms. The van der Waals surface area contributed by atoms with E-state index in [2.05, 4.69) is 144 Å². The first-order valence-corrected chi connectivity index (χ1v) is 21.7. The Hall–Kier alpha value is -3.65. The van der Waals surface area contributed by atoms with E-state index in [1.165, 1.54) is 56.9 Å². The van der Waals surface area contributed by atoms with Crippen molar-refractivity contribution in [1.82, 2.24) is 15.1 Å². The van der Waals surface area contributed by atoms with Gasteiger partial charge in [0.25, 0.3) is 0 Å². The molecule has 0 aromatic carbocycles. The fourth-order valence-corrected chi connectivity index (χ4v) is 13.7. The lowest BCUT2D eigenvalue weighted by Crippen LogP contribution is -2.65. The number of fused-ring (bicyclic) bond motifs is 5. The van der Waals surface area contributed by atoms with E-state index in [0.717, 1.165) is 25.7 Å². The van der Waals surface area contributed by atoms with Crippen LogP contribution in [0.1, 0.15) is 90.9 Å². The average molecular weight is 717 g/mol. The lowest BCUT2D eigenvalue weighted by Gasteiger charge is -2.54. The minimum atomic E-state index is -0.0996. The number of hydrogen-bond acceptors (Lipinski definition) is 4. The normalized spacial score (nSPS) is 44.8. The van der Waals surface area contributed by atoms with Crippen LogP contribution < -0.4 is 5.32 Å². The molecule has 0 aromatic heterocycles. The monoisotopic (exact) mass is 716 g/mol. The molecule has 7 aliphatic carbocycles. The zero-order chi connectivity index (χ0) is 36.4. The third-order valence-electron chi connectivity index (χ3n) is 16.0. The second-order valence-corrected chi connectivity index (χ2v) is 18.6. The van der Waals surface area contributed by atoms with Crippen LogP contribution in [0.4, 0.5) is 0 Å². The third-order valence-corrected chi connectivity index (χ3v) is 16.0. The van der Waals surface area contributed by atoms with Crippen LogP contribution in [0.25, 0.3) is 0 Å². The number of hydrogen-bond donors (Lipinski definition) is 1. The Morgan fingerprint density at radius 3 is 2.65 bits per heavy atom. The van der Waals surface area contributed by atoms with E-state index in [9.17, 15) is 5.26 Å². The summed E-state index contributed by atoms with van der Waals surface area (Å²) in [6.45, 7) is 5.17. The summed E-state index contributed by atoms with van der Waals surface area (Å²) in [5.74, 6) is 3.15. The molecule has 0 aromatic rings. The summed E-state index contributed by atoms with van der Waals surface area (Å²) in [6, 6.07) is 3.07. The van der Waals surface area contributed by atoms with E-state index in [-0.39, 0.29) is 35.2 Å². The van der Waals surface area contributed by atoms with E-state index in [4.69, 9.17) is 0 Å². The van der Waals surface area contributed by atoms with Crippen molar-refractivity contribution >= 4 is 0 Å². The molecule has 10 aliphatic rings. The van der Waals surface area contributed by atoms with Gasteiger partial charge in [-0.3, -0.25) is 10.2 Å². The number of nitrogens with zero attached hydrogens (tertiary/aromatic N) is 3. The van der Waals surface area contributed by atoms with E-state index in [1.54, 1.807) is 16.8 Å². The topological polar surface area (TPSA) is 42.3 Å². The van der Waals surface area contributed by atoms with Crippen LogP contribution in [0.15, 0.2) is 132 Å². The summed E-state index contributed by atoms with van der Waals surface area (Å²) < 4.78 is 0. The Labute approximate surface area is 324 Å². The van der Waals surface area contributed by atoms with E-state index < -0.39 is 0 Å². The molecular weight excluding hydrogens is 657 g/mol. The fraction of sp³-hybridized carbons (Fsp3) is 0.540. The average Bonchev–Trinajstić information content (AvgIpc) is 3.65. The maximum absolute atomic E-state index is 10.2. The van der Waals surface area contributed by atoms with Gasteiger partial charge >= 0.3 is 0 Å². The second-order valence-electron chi connectivity index (χ2n) is 18.6. The minimum absolute atomic E-state index is 0.0384. The molecule has 2 fully saturated rings. The molecule has 3 heterocycles. The van der Waals surface area contributed by atoms with Crippen molar-refractivity contribution in [3.63, 3.8) is 0 Å². The molecular formula is C50H60N4. The van der Waals surface area contributed by atoms with Crippen LogP contribution in [0.2, 0.25) is 0 Å². The first-order chi connectivity index (χ1) is 26.5. The molecule has 54 heavy (non-hydrogen) atoms. The lowest BCUT2D eigenvalue weighted by molar-refractivity contribution is 0.00286. The largest absolute Gasteiger partial charge is 0.353 e. The summed E-state index contributed by atoms with van der Waals surface area (Å²) in [6.07, 6.45) is 58.2. The van der Waals surface area contributed by atoms with Crippen LogP contribution in [-0.4, -0.2) is 39.3 Å². The molecule has 0 amide bonds. The molecule has 1 N–H and O–H groups in total. The zero-order valence-corrected chi connectivity index (χ0v) is 32.6. The number of nitrogens with one attached hydrogen (secondary N) is 1. The summed E-state index contributed by atoms with van der Waals surface area (Å²) in [7, 11) is 0. The molecule has 3 aliphatic heterocycles.